The lowest BCUT2D eigenvalue weighted by Crippen LogP contribution is -2.05. The number of ether oxygens (including phenoxy) is 1. The van der Waals surface area contributed by atoms with Crippen LogP contribution in [0.1, 0.15) is 23.5 Å². The van der Waals surface area contributed by atoms with Gasteiger partial charge in [0.2, 0.25) is 0 Å². The van der Waals surface area contributed by atoms with Crippen LogP contribution in [0.5, 0.6) is 5.75 Å². The average molecular weight is 286 g/mol. The molecule has 2 nitrogen and oxygen atoms in total. The summed E-state index contributed by atoms with van der Waals surface area (Å²) < 4.78 is 5.74. The first kappa shape index (κ1) is 14.4. The van der Waals surface area contributed by atoms with Crippen LogP contribution >= 0.6 is 11.6 Å². The van der Waals surface area contributed by atoms with Crippen molar-refractivity contribution in [3.05, 3.63) is 64.7 Å². The quantitative estimate of drug-likeness (QED) is 0.796. The Morgan fingerprint density at radius 1 is 1.15 bits per heavy atom. The van der Waals surface area contributed by atoms with Gasteiger partial charge in [-0.3, -0.25) is 0 Å². The molecule has 20 heavy (non-hydrogen) atoms. The first-order valence-corrected chi connectivity index (χ1v) is 6.92. The van der Waals surface area contributed by atoms with Crippen LogP contribution in [-0.4, -0.2) is 6.61 Å². The van der Waals surface area contributed by atoms with Crippen molar-refractivity contribution >= 4 is 11.6 Å². The Hall–Kier alpha value is -1.98. The van der Waals surface area contributed by atoms with E-state index in [0.717, 1.165) is 16.9 Å². The summed E-state index contributed by atoms with van der Waals surface area (Å²) in [5.74, 6) is 0.621. The molecular formula is C17H16ClNO. The molecule has 0 spiro atoms. The Labute approximate surface area is 124 Å². The molecule has 0 N–H and O–H groups in total. The number of halogens is 1. The molecule has 2 aromatic carbocycles. The summed E-state index contributed by atoms with van der Waals surface area (Å²) in [6.45, 7) is 2.50. The van der Waals surface area contributed by atoms with Crippen LogP contribution in [0, 0.1) is 18.3 Å². The van der Waals surface area contributed by atoms with E-state index in [4.69, 9.17) is 16.3 Å². The van der Waals surface area contributed by atoms with Crippen LogP contribution in [0.25, 0.3) is 0 Å². The second-order valence-corrected chi connectivity index (χ2v) is 5.01. The van der Waals surface area contributed by atoms with E-state index in [1.165, 1.54) is 0 Å². The van der Waals surface area contributed by atoms with Crippen LogP contribution in [0.4, 0.5) is 0 Å². The van der Waals surface area contributed by atoms with Crippen LogP contribution in [-0.2, 0) is 0 Å². The van der Waals surface area contributed by atoms with Gasteiger partial charge in [-0.05, 0) is 30.2 Å². The second-order valence-electron chi connectivity index (χ2n) is 4.61. The number of para-hydroxylation sites is 1. The lowest BCUT2D eigenvalue weighted by molar-refractivity contribution is 0.304. The average Bonchev–Trinajstić information content (AvgIpc) is 2.46. The molecule has 2 aromatic rings. The number of nitriles is 1. The summed E-state index contributed by atoms with van der Waals surface area (Å²) in [5, 5.41) is 9.93. The molecule has 102 valence electrons. The predicted molar refractivity (Wildman–Crippen MR) is 81.1 cm³/mol. The Morgan fingerprint density at radius 3 is 2.55 bits per heavy atom. The molecule has 2 rings (SSSR count). The van der Waals surface area contributed by atoms with Crippen LogP contribution in [0.15, 0.2) is 48.5 Å². The van der Waals surface area contributed by atoms with Gasteiger partial charge in [0.05, 0.1) is 18.6 Å². The van der Waals surface area contributed by atoms with E-state index >= 15 is 0 Å². The van der Waals surface area contributed by atoms with Gasteiger partial charge >= 0.3 is 0 Å². The van der Waals surface area contributed by atoms with Crippen molar-refractivity contribution in [2.45, 2.75) is 19.3 Å². The molecule has 0 aliphatic carbocycles. The zero-order valence-corrected chi connectivity index (χ0v) is 12.1. The van der Waals surface area contributed by atoms with Crippen LogP contribution < -0.4 is 4.74 Å². The molecule has 3 heteroatoms. The summed E-state index contributed by atoms with van der Waals surface area (Å²) in [4.78, 5) is 0. The van der Waals surface area contributed by atoms with Gasteiger partial charge < -0.3 is 4.74 Å². The minimum Gasteiger partial charge on any atom is -0.493 e. The zero-order valence-electron chi connectivity index (χ0n) is 11.3. The highest BCUT2D eigenvalue weighted by Crippen LogP contribution is 2.27. The third kappa shape index (κ3) is 3.53. The van der Waals surface area contributed by atoms with Crippen molar-refractivity contribution in [2.24, 2.45) is 0 Å². The molecule has 0 aromatic heterocycles. The van der Waals surface area contributed by atoms with Crippen molar-refractivity contribution in [3.8, 4) is 11.8 Å². The highest BCUT2D eigenvalue weighted by molar-refractivity contribution is 6.31. The summed E-state index contributed by atoms with van der Waals surface area (Å²) in [5.41, 5.74) is 1.96. The smallest absolute Gasteiger partial charge is 0.122 e. The fourth-order valence-corrected chi connectivity index (χ4v) is 2.32. The Balaban J connectivity index is 1.98. The Morgan fingerprint density at radius 2 is 1.85 bits per heavy atom. The number of benzene rings is 2. The van der Waals surface area contributed by atoms with Crippen molar-refractivity contribution in [2.75, 3.05) is 6.61 Å². The van der Waals surface area contributed by atoms with E-state index < -0.39 is 0 Å². The van der Waals surface area contributed by atoms with E-state index in [1.807, 2.05) is 55.5 Å². The first-order valence-electron chi connectivity index (χ1n) is 6.55. The lowest BCUT2D eigenvalue weighted by Gasteiger charge is -2.13. The molecule has 0 radical (unpaired) electrons. The number of hydrogen-bond acceptors (Lipinski definition) is 2. The van der Waals surface area contributed by atoms with Crippen molar-refractivity contribution < 1.29 is 4.74 Å². The normalized spacial score (nSPS) is 11.7. The molecule has 1 unspecified atom stereocenters. The SMILES string of the molecule is Cc1ccccc1OCCC(C#N)c1ccccc1Cl. The van der Waals surface area contributed by atoms with E-state index in [0.29, 0.717) is 18.1 Å². The fraction of sp³-hybridized carbons (Fsp3) is 0.235. The minimum atomic E-state index is -0.243. The van der Waals surface area contributed by atoms with E-state index in [2.05, 4.69) is 6.07 Å². The van der Waals surface area contributed by atoms with Gasteiger partial charge in [0, 0.05) is 11.4 Å². The molecule has 0 aliphatic heterocycles. The van der Waals surface area contributed by atoms with Gasteiger partial charge in [-0.15, -0.1) is 0 Å². The van der Waals surface area contributed by atoms with E-state index in [-0.39, 0.29) is 5.92 Å². The molecule has 0 amide bonds. The maximum absolute atomic E-state index is 9.29. The Bertz CT molecular complexity index is 618. The third-order valence-corrected chi connectivity index (χ3v) is 3.54. The zero-order chi connectivity index (χ0) is 14.4. The molecule has 0 saturated heterocycles. The highest BCUT2D eigenvalue weighted by atomic mass is 35.5. The summed E-state index contributed by atoms with van der Waals surface area (Å²) >= 11 is 6.13. The topological polar surface area (TPSA) is 33.0 Å². The van der Waals surface area contributed by atoms with Crippen molar-refractivity contribution in [1.82, 2.24) is 0 Å². The van der Waals surface area contributed by atoms with Crippen molar-refractivity contribution in [3.63, 3.8) is 0 Å². The van der Waals surface area contributed by atoms with Gasteiger partial charge in [0.1, 0.15) is 5.75 Å². The minimum absolute atomic E-state index is 0.243. The Kier molecular flexibility index (Phi) is 5.03. The van der Waals surface area contributed by atoms with Gasteiger partial charge in [0.25, 0.3) is 0 Å². The van der Waals surface area contributed by atoms with Gasteiger partial charge in [-0.25, -0.2) is 0 Å². The van der Waals surface area contributed by atoms with Crippen LogP contribution in [0.3, 0.4) is 0 Å². The maximum Gasteiger partial charge on any atom is 0.122 e. The molecule has 0 saturated carbocycles. The summed E-state index contributed by atoms with van der Waals surface area (Å²) in [6, 6.07) is 17.6. The van der Waals surface area contributed by atoms with Gasteiger partial charge in [-0.2, -0.15) is 5.26 Å². The van der Waals surface area contributed by atoms with E-state index in [1.54, 1.807) is 0 Å². The summed E-state index contributed by atoms with van der Waals surface area (Å²) in [6.07, 6.45) is 0.620. The van der Waals surface area contributed by atoms with E-state index in [9.17, 15) is 5.26 Å². The number of hydrogen-bond donors (Lipinski definition) is 0. The lowest BCUT2D eigenvalue weighted by atomic mass is 9.98. The molecule has 1 atom stereocenters. The third-order valence-electron chi connectivity index (χ3n) is 3.19. The van der Waals surface area contributed by atoms with Gasteiger partial charge in [-0.1, -0.05) is 48.0 Å². The van der Waals surface area contributed by atoms with Crippen LogP contribution in [0.2, 0.25) is 5.02 Å². The highest BCUT2D eigenvalue weighted by Gasteiger charge is 2.14. The maximum atomic E-state index is 9.29. The molecule has 0 heterocycles. The van der Waals surface area contributed by atoms with Gasteiger partial charge in [0.15, 0.2) is 0 Å². The molecule has 0 fully saturated rings. The van der Waals surface area contributed by atoms with Crippen molar-refractivity contribution in [1.29, 1.82) is 5.26 Å². The first-order chi connectivity index (χ1) is 9.72. The molecule has 0 aliphatic rings. The number of rotatable bonds is 5. The summed E-state index contributed by atoms with van der Waals surface area (Å²) in [7, 11) is 0. The monoisotopic (exact) mass is 285 g/mol. The molecular weight excluding hydrogens is 270 g/mol. The number of nitrogens with zero attached hydrogens (tertiary/aromatic N) is 1. The predicted octanol–water partition coefficient (Wildman–Crippen LogP) is 4.72. The standard InChI is InChI=1S/C17H16ClNO/c1-13-6-2-5-9-17(13)20-11-10-14(12-19)15-7-3-4-8-16(15)18/h2-9,14H,10-11H2,1H3. The second kappa shape index (κ2) is 6.98. The number of aryl methyl sites for hydroxylation is 1. The largest absolute Gasteiger partial charge is 0.493 e. The fourth-order valence-electron chi connectivity index (χ4n) is 2.05. The molecule has 0 bridgehead atoms.